The molecule has 182 valence electrons. The third-order valence-corrected chi connectivity index (χ3v) is 8.40. The van der Waals surface area contributed by atoms with Crippen LogP contribution < -0.4 is 4.90 Å². The Kier molecular flexibility index (Phi) is 7.48. The summed E-state index contributed by atoms with van der Waals surface area (Å²) in [7, 11) is 0. The van der Waals surface area contributed by atoms with Crippen LogP contribution in [0.4, 0.5) is 5.82 Å². The minimum atomic E-state index is 0.312. The number of thiophene rings is 1. The lowest BCUT2D eigenvalue weighted by molar-refractivity contribution is -0.131. The zero-order chi connectivity index (χ0) is 23.3. The molecule has 0 aromatic carbocycles. The molecule has 6 nitrogen and oxygen atoms in total. The summed E-state index contributed by atoms with van der Waals surface area (Å²) in [6.45, 7) is 5.40. The predicted octanol–water partition coefficient (Wildman–Crippen LogP) is 6.23. The van der Waals surface area contributed by atoms with Crippen LogP contribution in [0.25, 0.3) is 21.8 Å². The Morgan fingerprint density at radius 2 is 1.82 bits per heavy atom. The number of anilines is 1. The summed E-state index contributed by atoms with van der Waals surface area (Å²) in [5.74, 6) is 2.71. The number of hydrogen-bond acceptors (Lipinski definition) is 6. The summed E-state index contributed by atoms with van der Waals surface area (Å²) in [6, 6.07) is 3.81. The van der Waals surface area contributed by atoms with Crippen LogP contribution in [0.2, 0.25) is 0 Å². The van der Waals surface area contributed by atoms with E-state index >= 15 is 0 Å². The minimum Gasteiger partial charge on any atom is -0.461 e. The molecule has 4 heterocycles. The number of unbranched alkanes of at least 4 members (excludes halogenated alkanes) is 5. The first kappa shape index (κ1) is 23.3. The van der Waals surface area contributed by atoms with Crippen molar-refractivity contribution in [1.82, 2.24) is 14.9 Å². The largest absolute Gasteiger partial charge is 0.461 e. The van der Waals surface area contributed by atoms with Gasteiger partial charge in [-0.1, -0.05) is 39.0 Å². The van der Waals surface area contributed by atoms with Crippen LogP contribution in [-0.2, 0) is 17.6 Å². The Labute approximate surface area is 206 Å². The fourth-order valence-electron chi connectivity index (χ4n) is 5.27. The molecule has 34 heavy (non-hydrogen) atoms. The topological polar surface area (TPSA) is 62.5 Å². The highest BCUT2D eigenvalue weighted by molar-refractivity contribution is 7.19. The fraction of sp³-hybridized carbons (Fsp3) is 0.593. The maximum atomic E-state index is 12.8. The van der Waals surface area contributed by atoms with Crippen molar-refractivity contribution in [2.45, 2.75) is 77.6 Å². The van der Waals surface area contributed by atoms with Crippen molar-refractivity contribution >= 4 is 33.3 Å². The van der Waals surface area contributed by atoms with Gasteiger partial charge in [-0.2, -0.15) is 0 Å². The molecule has 1 aliphatic carbocycles. The van der Waals surface area contributed by atoms with E-state index in [1.807, 2.05) is 23.5 Å². The van der Waals surface area contributed by atoms with Gasteiger partial charge in [0.05, 0.1) is 11.6 Å². The number of fused-ring (bicyclic) bond motifs is 3. The van der Waals surface area contributed by atoms with Crippen LogP contribution in [0.3, 0.4) is 0 Å². The molecule has 2 aliphatic rings. The molecule has 5 rings (SSSR count). The summed E-state index contributed by atoms with van der Waals surface area (Å²) in [5, 5.41) is 1.24. The summed E-state index contributed by atoms with van der Waals surface area (Å²) < 4.78 is 5.64. The third kappa shape index (κ3) is 4.99. The van der Waals surface area contributed by atoms with Crippen LogP contribution in [0.5, 0.6) is 0 Å². The lowest BCUT2D eigenvalue weighted by Crippen LogP contribution is -2.49. The first-order valence-corrected chi connectivity index (χ1v) is 13.9. The Balaban J connectivity index is 1.30. The normalized spacial score (nSPS) is 16.3. The molecule has 0 atom stereocenters. The van der Waals surface area contributed by atoms with Crippen molar-refractivity contribution in [2.75, 3.05) is 31.1 Å². The van der Waals surface area contributed by atoms with Gasteiger partial charge in [-0.25, -0.2) is 9.97 Å². The number of amides is 1. The monoisotopic (exact) mass is 480 g/mol. The van der Waals surface area contributed by atoms with Gasteiger partial charge in [0.1, 0.15) is 10.6 Å². The average molecular weight is 481 g/mol. The van der Waals surface area contributed by atoms with Gasteiger partial charge >= 0.3 is 0 Å². The summed E-state index contributed by atoms with van der Waals surface area (Å²) >= 11 is 1.83. The number of carbonyl (C=O) groups is 1. The van der Waals surface area contributed by atoms with Crippen LogP contribution in [0, 0.1) is 0 Å². The van der Waals surface area contributed by atoms with Crippen molar-refractivity contribution < 1.29 is 9.21 Å². The van der Waals surface area contributed by atoms with E-state index in [9.17, 15) is 4.79 Å². The van der Waals surface area contributed by atoms with Gasteiger partial charge in [-0.3, -0.25) is 4.79 Å². The molecule has 0 unspecified atom stereocenters. The van der Waals surface area contributed by atoms with Crippen LogP contribution in [0.15, 0.2) is 22.8 Å². The number of aromatic nitrogens is 2. The van der Waals surface area contributed by atoms with E-state index in [0.717, 1.165) is 56.1 Å². The average Bonchev–Trinajstić information content (AvgIpc) is 3.54. The molecular weight excluding hydrogens is 444 g/mol. The van der Waals surface area contributed by atoms with Gasteiger partial charge < -0.3 is 14.2 Å². The van der Waals surface area contributed by atoms with Crippen molar-refractivity contribution in [2.24, 2.45) is 0 Å². The van der Waals surface area contributed by atoms with E-state index in [-0.39, 0.29) is 0 Å². The molecule has 3 aromatic rings. The van der Waals surface area contributed by atoms with Crippen molar-refractivity contribution in [3.8, 4) is 11.6 Å². The zero-order valence-electron chi connectivity index (χ0n) is 20.4. The van der Waals surface area contributed by atoms with E-state index in [0.29, 0.717) is 23.9 Å². The van der Waals surface area contributed by atoms with Gasteiger partial charge in [0.2, 0.25) is 5.91 Å². The number of aryl methyl sites for hydroxylation is 2. The number of carbonyl (C=O) groups excluding carboxylic acids is 1. The molecule has 7 heteroatoms. The number of piperazine rings is 1. The predicted molar refractivity (Wildman–Crippen MR) is 139 cm³/mol. The van der Waals surface area contributed by atoms with E-state index in [1.165, 1.54) is 60.8 Å². The van der Waals surface area contributed by atoms with Gasteiger partial charge in [0.25, 0.3) is 0 Å². The van der Waals surface area contributed by atoms with Crippen LogP contribution in [-0.4, -0.2) is 47.0 Å². The SMILES string of the molecule is CCCCCCCCC(=O)N1CCN(c2nc(-c3ccco3)nc3sc4c(c23)CCCC4)CC1. The van der Waals surface area contributed by atoms with Crippen molar-refractivity contribution in [1.29, 1.82) is 0 Å². The molecule has 3 aromatic heterocycles. The second-order valence-electron chi connectivity index (χ2n) is 9.62. The molecule has 0 radical (unpaired) electrons. The number of hydrogen-bond donors (Lipinski definition) is 0. The van der Waals surface area contributed by atoms with Gasteiger partial charge in [-0.05, 0) is 49.8 Å². The highest BCUT2D eigenvalue weighted by atomic mass is 32.1. The molecule has 0 bridgehead atoms. The fourth-order valence-corrected chi connectivity index (χ4v) is 6.52. The standard InChI is InChI=1S/C27H36N4O2S/c1-2-3-4-5-6-7-14-23(32)30-15-17-31(18-16-30)26-24-20-11-8-9-13-22(20)34-27(24)29-25(28-26)21-12-10-19-33-21/h10,12,19H,2-9,11,13-18H2,1H3. The maximum absolute atomic E-state index is 12.8. The minimum absolute atomic E-state index is 0.312. The lowest BCUT2D eigenvalue weighted by Gasteiger charge is -2.36. The van der Waals surface area contributed by atoms with Crippen molar-refractivity contribution in [3.63, 3.8) is 0 Å². The van der Waals surface area contributed by atoms with Crippen molar-refractivity contribution in [3.05, 3.63) is 28.8 Å². The molecule has 1 saturated heterocycles. The molecule has 0 N–H and O–H groups in total. The summed E-state index contributed by atoms with van der Waals surface area (Å²) in [4.78, 5) is 29.7. The molecular formula is C27H36N4O2S. The molecule has 1 fully saturated rings. The molecule has 0 spiro atoms. The lowest BCUT2D eigenvalue weighted by atomic mass is 9.97. The van der Waals surface area contributed by atoms with Crippen LogP contribution >= 0.6 is 11.3 Å². The molecule has 1 amide bonds. The molecule has 0 saturated carbocycles. The Bertz CT molecular complexity index is 1100. The van der Waals surface area contributed by atoms with E-state index in [1.54, 1.807) is 6.26 Å². The van der Waals surface area contributed by atoms with E-state index < -0.39 is 0 Å². The van der Waals surface area contributed by atoms with Gasteiger partial charge in [0, 0.05) is 37.5 Å². The second-order valence-corrected chi connectivity index (χ2v) is 10.7. The van der Waals surface area contributed by atoms with Gasteiger partial charge in [-0.15, -0.1) is 11.3 Å². The Morgan fingerprint density at radius 1 is 1.03 bits per heavy atom. The summed E-state index contributed by atoms with van der Waals surface area (Å²) in [6.07, 6.45) is 14.4. The number of rotatable bonds is 9. The third-order valence-electron chi connectivity index (χ3n) is 7.21. The quantitative estimate of drug-likeness (QED) is 0.340. The highest BCUT2D eigenvalue weighted by Crippen LogP contribution is 2.41. The maximum Gasteiger partial charge on any atom is 0.222 e. The van der Waals surface area contributed by atoms with E-state index in [4.69, 9.17) is 14.4 Å². The zero-order valence-corrected chi connectivity index (χ0v) is 21.2. The first-order valence-electron chi connectivity index (χ1n) is 13.1. The first-order chi connectivity index (χ1) is 16.7. The second kappa shape index (κ2) is 10.9. The smallest absolute Gasteiger partial charge is 0.222 e. The molecule has 1 aliphatic heterocycles. The van der Waals surface area contributed by atoms with E-state index in [2.05, 4.69) is 16.7 Å². The summed E-state index contributed by atoms with van der Waals surface area (Å²) in [5.41, 5.74) is 1.45. The number of nitrogens with zero attached hydrogens (tertiary/aromatic N) is 4. The van der Waals surface area contributed by atoms with Gasteiger partial charge in [0.15, 0.2) is 11.6 Å². The Morgan fingerprint density at radius 3 is 2.62 bits per heavy atom. The van der Waals surface area contributed by atoms with Crippen LogP contribution in [0.1, 0.15) is 75.2 Å². The number of furan rings is 1. The highest BCUT2D eigenvalue weighted by Gasteiger charge is 2.27. The Hall–Kier alpha value is -2.41.